The van der Waals surface area contributed by atoms with Crippen LogP contribution in [0, 0.1) is 11.3 Å². The number of hydrogen-bond donors (Lipinski definition) is 3. The summed E-state index contributed by atoms with van der Waals surface area (Å²) < 4.78 is 0. The normalized spacial score (nSPS) is 12.1. The molecule has 0 saturated heterocycles. The minimum absolute atomic E-state index is 0.377. The van der Waals surface area contributed by atoms with Crippen molar-refractivity contribution in [1.29, 1.82) is 5.41 Å². The van der Waals surface area contributed by atoms with Gasteiger partial charge in [0.1, 0.15) is 0 Å². The summed E-state index contributed by atoms with van der Waals surface area (Å²) >= 11 is 0. The number of hydrogen-bond acceptors (Lipinski definition) is 3. The third kappa shape index (κ3) is 4.36. The highest BCUT2D eigenvalue weighted by atomic mass is 16.4. The molecule has 0 radical (unpaired) electrons. The summed E-state index contributed by atoms with van der Waals surface area (Å²) in [6, 6.07) is 7.71. The average Bonchev–Trinajstić information content (AvgIpc) is 2.29. The molecule has 0 saturated carbocycles. The van der Waals surface area contributed by atoms with Crippen LogP contribution in [0.1, 0.15) is 25.0 Å². The molecule has 0 heterocycles. The molecule has 0 aliphatic rings. The monoisotopic (exact) mass is 234 g/mol. The second-order valence-corrected chi connectivity index (χ2v) is 4.19. The Balaban J connectivity index is 2.42. The van der Waals surface area contributed by atoms with Crippen molar-refractivity contribution in [3.63, 3.8) is 0 Å². The molecule has 0 bridgehead atoms. The molecule has 1 aromatic rings. The van der Waals surface area contributed by atoms with E-state index in [0.717, 1.165) is 11.1 Å². The SMILES string of the molecule is CC(=N)c1ccc(CNCC(C)C(=O)O)cc1. The highest BCUT2D eigenvalue weighted by molar-refractivity contribution is 5.96. The largest absolute Gasteiger partial charge is 0.481 e. The summed E-state index contributed by atoms with van der Waals surface area (Å²) in [4.78, 5) is 10.6. The van der Waals surface area contributed by atoms with Crippen LogP contribution in [0.25, 0.3) is 0 Å². The molecule has 0 aliphatic carbocycles. The van der Waals surface area contributed by atoms with Gasteiger partial charge in [-0.3, -0.25) is 4.79 Å². The topological polar surface area (TPSA) is 73.2 Å². The van der Waals surface area contributed by atoms with E-state index in [1.165, 1.54) is 0 Å². The summed E-state index contributed by atoms with van der Waals surface area (Å²) in [7, 11) is 0. The van der Waals surface area contributed by atoms with Crippen LogP contribution in [0.2, 0.25) is 0 Å². The van der Waals surface area contributed by atoms with E-state index >= 15 is 0 Å². The number of carboxylic acids is 1. The van der Waals surface area contributed by atoms with Crippen molar-refractivity contribution in [3.05, 3.63) is 35.4 Å². The van der Waals surface area contributed by atoms with Crippen LogP contribution in [0.4, 0.5) is 0 Å². The maximum atomic E-state index is 10.6. The fraction of sp³-hybridized carbons (Fsp3) is 0.385. The minimum Gasteiger partial charge on any atom is -0.481 e. The lowest BCUT2D eigenvalue weighted by Gasteiger charge is -2.08. The van der Waals surface area contributed by atoms with Crippen molar-refractivity contribution in [2.75, 3.05) is 6.54 Å². The third-order valence-corrected chi connectivity index (χ3v) is 2.59. The number of rotatable bonds is 6. The van der Waals surface area contributed by atoms with Crippen LogP contribution >= 0.6 is 0 Å². The van der Waals surface area contributed by atoms with Crippen molar-refractivity contribution in [2.45, 2.75) is 20.4 Å². The number of carbonyl (C=O) groups is 1. The second-order valence-electron chi connectivity index (χ2n) is 4.19. The first-order chi connectivity index (χ1) is 8.00. The predicted molar refractivity (Wildman–Crippen MR) is 67.5 cm³/mol. The van der Waals surface area contributed by atoms with Gasteiger partial charge in [-0.1, -0.05) is 31.2 Å². The predicted octanol–water partition coefficient (Wildman–Crippen LogP) is 1.88. The van der Waals surface area contributed by atoms with E-state index in [4.69, 9.17) is 10.5 Å². The molecular formula is C13H18N2O2. The molecule has 1 atom stereocenters. The summed E-state index contributed by atoms with van der Waals surface area (Å²) in [5, 5.41) is 19.3. The van der Waals surface area contributed by atoms with Gasteiger partial charge >= 0.3 is 5.97 Å². The lowest BCUT2D eigenvalue weighted by molar-refractivity contribution is -0.140. The summed E-state index contributed by atoms with van der Waals surface area (Å²) in [6.07, 6.45) is 0. The van der Waals surface area contributed by atoms with Crippen LogP contribution < -0.4 is 5.32 Å². The quantitative estimate of drug-likeness (QED) is 0.658. The Morgan fingerprint density at radius 3 is 2.47 bits per heavy atom. The smallest absolute Gasteiger partial charge is 0.307 e. The molecule has 1 unspecified atom stereocenters. The van der Waals surface area contributed by atoms with Gasteiger partial charge in [-0.2, -0.15) is 0 Å². The zero-order valence-electron chi connectivity index (χ0n) is 10.2. The Hall–Kier alpha value is -1.68. The Labute approximate surface area is 101 Å². The van der Waals surface area contributed by atoms with Gasteiger partial charge in [0.2, 0.25) is 0 Å². The highest BCUT2D eigenvalue weighted by Crippen LogP contribution is 2.05. The first-order valence-electron chi connectivity index (χ1n) is 5.58. The van der Waals surface area contributed by atoms with E-state index in [2.05, 4.69) is 5.32 Å². The fourth-order valence-corrected chi connectivity index (χ4v) is 1.39. The molecule has 0 fully saturated rings. The average molecular weight is 234 g/mol. The Morgan fingerprint density at radius 2 is 2.00 bits per heavy atom. The van der Waals surface area contributed by atoms with Gasteiger partial charge in [-0.05, 0) is 18.1 Å². The summed E-state index contributed by atoms with van der Waals surface area (Å²) in [6.45, 7) is 4.54. The van der Waals surface area contributed by atoms with Crippen molar-refractivity contribution < 1.29 is 9.90 Å². The van der Waals surface area contributed by atoms with E-state index in [9.17, 15) is 4.79 Å². The minimum atomic E-state index is -0.785. The van der Waals surface area contributed by atoms with Crippen molar-refractivity contribution in [2.24, 2.45) is 5.92 Å². The number of benzene rings is 1. The molecule has 1 aromatic carbocycles. The molecule has 1 rings (SSSR count). The molecule has 17 heavy (non-hydrogen) atoms. The first-order valence-corrected chi connectivity index (χ1v) is 5.58. The van der Waals surface area contributed by atoms with Gasteiger partial charge < -0.3 is 15.8 Å². The van der Waals surface area contributed by atoms with Gasteiger partial charge in [-0.15, -0.1) is 0 Å². The maximum absolute atomic E-state index is 10.6. The molecule has 4 nitrogen and oxygen atoms in total. The van der Waals surface area contributed by atoms with Gasteiger partial charge in [0.15, 0.2) is 0 Å². The van der Waals surface area contributed by atoms with Crippen molar-refractivity contribution in [1.82, 2.24) is 5.32 Å². The summed E-state index contributed by atoms with van der Waals surface area (Å²) in [5.74, 6) is -1.16. The Bertz CT molecular complexity index is 398. The van der Waals surface area contributed by atoms with Gasteiger partial charge in [0.05, 0.1) is 5.92 Å². The van der Waals surface area contributed by atoms with Gasteiger partial charge in [0.25, 0.3) is 0 Å². The van der Waals surface area contributed by atoms with Crippen LogP contribution in [0.3, 0.4) is 0 Å². The molecule has 92 valence electrons. The Kier molecular flexibility index (Phi) is 4.84. The van der Waals surface area contributed by atoms with E-state index in [1.807, 2.05) is 24.3 Å². The van der Waals surface area contributed by atoms with Crippen molar-refractivity contribution >= 4 is 11.7 Å². The lowest BCUT2D eigenvalue weighted by atomic mass is 10.1. The third-order valence-electron chi connectivity index (χ3n) is 2.59. The molecule has 4 heteroatoms. The van der Waals surface area contributed by atoms with Crippen LogP contribution in [0.15, 0.2) is 24.3 Å². The summed E-state index contributed by atoms with van der Waals surface area (Å²) in [5.41, 5.74) is 2.55. The van der Waals surface area contributed by atoms with E-state index < -0.39 is 5.97 Å². The number of aliphatic carboxylic acids is 1. The molecule has 0 spiro atoms. The molecule has 0 amide bonds. The standard InChI is InChI=1S/C13H18N2O2/c1-9(13(16)17)7-15-8-11-3-5-12(6-4-11)10(2)14/h3-6,9,14-15H,7-8H2,1-2H3,(H,16,17). The van der Waals surface area contributed by atoms with E-state index in [0.29, 0.717) is 18.8 Å². The van der Waals surface area contributed by atoms with Gasteiger partial charge in [0, 0.05) is 18.8 Å². The van der Waals surface area contributed by atoms with Crippen LogP contribution in [-0.4, -0.2) is 23.3 Å². The fourth-order valence-electron chi connectivity index (χ4n) is 1.39. The zero-order valence-corrected chi connectivity index (χ0v) is 10.2. The van der Waals surface area contributed by atoms with Crippen LogP contribution in [0.5, 0.6) is 0 Å². The van der Waals surface area contributed by atoms with Gasteiger partial charge in [-0.25, -0.2) is 0 Å². The molecule has 0 aliphatic heterocycles. The second kappa shape index (κ2) is 6.15. The first kappa shape index (κ1) is 13.4. The van der Waals surface area contributed by atoms with E-state index in [-0.39, 0.29) is 5.92 Å². The maximum Gasteiger partial charge on any atom is 0.307 e. The van der Waals surface area contributed by atoms with Crippen LogP contribution in [-0.2, 0) is 11.3 Å². The molecular weight excluding hydrogens is 216 g/mol. The highest BCUT2D eigenvalue weighted by Gasteiger charge is 2.09. The number of carboxylic acid groups (broad SMARTS) is 1. The zero-order chi connectivity index (χ0) is 12.8. The van der Waals surface area contributed by atoms with E-state index in [1.54, 1.807) is 13.8 Å². The molecule has 0 aromatic heterocycles. The van der Waals surface area contributed by atoms with Crippen molar-refractivity contribution in [3.8, 4) is 0 Å². The molecule has 3 N–H and O–H groups in total. The Morgan fingerprint density at radius 1 is 1.41 bits per heavy atom. The number of nitrogens with one attached hydrogen (secondary N) is 2. The lowest BCUT2D eigenvalue weighted by Crippen LogP contribution is -2.25.